The van der Waals surface area contributed by atoms with Crippen molar-refractivity contribution in [1.29, 1.82) is 5.26 Å². The lowest BCUT2D eigenvalue weighted by Crippen LogP contribution is -2.17. The van der Waals surface area contributed by atoms with E-state index in [2.05, 4.69) is 0 Å². The van der Waals surface area contributed by atoms with Gasteiger partial charge in [-0.2, -0.15) is 5.26 Å². The summed E-state index contributed by atoms with van der Waals surface area (Å²) in [5, 5.41) is 28.1. The van der Waals surface area contributed by atoms with Gasteiger partial charge in [-0.1, -0.05) is 11.6 Å². The second-order valence-corrected chi connectivity index (χ2v) is 4.01. The summed E-state index contributed by atoms with van der Waals surface area (Å²) in [6.45, 7) is 0.103. The minimum atomic E-state index is -1.23. The van der Waals surface area contributed by atoms with Crippen LogP contribution < -0.4 is 9.47 Å². The van der Waals surface area contributed by atoms with Gasteiger partial charge in [-0.3, -0.25) is 0 Å². The summed E-state index contributed by atoms with van der Waals surface area (Å²) in [5.41, 5.74) is 0.318. The topological polar surface area (TPSA) is 82.7 Å². The molecule has 5 nitrogen and oxygen atoms in total. The first-order chi connectivity index (χ1) is 8.13. The van der Waals surface area contributed by atoms with E-state index >= 15 is 0 Å². The molecule has 17 heavy (non-hydrogen) atoms. The number of rotatable bonds is 3. The summed E-state index contributed by atoms with van der Waals surface area (Å²) in [5.74, 6) is 0.966. The molecular formula is C11H10ClNO4. The molecule has 2 N–H and O–H groups in total. The number of aliphatic hydroxyl groups is 2. The standard InChI is InChI=1S/C11H10ClNO4/c12-7-4-10-9(16-5-17-10)3-6(7)11(15)8(14)1-2-13/h3-4,8,11,14-15H,1,5H2. The van der Waals surface area contributed by atoms with E-state index in [0.29, 0.717) is 17.1 Å². The fourth-order valence-electron chi connectivity index (χ4n) is 1.57. The summed E-state index contributed by atoms with van der Waals surface area (Å²) < 4.78 is 10.3. The highest BCUT2D eigenvalue weighted by Crippen LogP contribution is 2.39. The predicted octanol–water partition coefficient (Wildman–Crippen LogP) is 1.38. The van der Waals surface area contributed by atoms with Crippen LogP contribution in [0.15, 0.2) is 12.1 Å². The van der Waals surface area contributed by atoms with E-state index in [9.17, 15) is 10.2 Å². The first-order valence-corrected chi connectivity index (χ1v) is 5.33. The largest absolute Gasteiger partial charge is 0.454 e. The third-order valence-electron chi connectivity index (χ3n) is 2.48. The Labute approximate surface area is 103 Å². The number of benzene rings is 1. The fraction of sp³-hybridized carbons (Fsp3) is 0.364. The van der Waals surface area contributed by atoms with E-state index in [4.69, 9.17) is 26.3 Å². The van der Waals surface area contributed by atoms with Gasteiger partial charge in [0.25, 0.3) is 0 Å². The molecule has 1 aliphatic rings. The van der Waals surface area contributed by atoms with Crippen molar-refractivity contribution in [2.24, 2.45) is 0 Å². The summed E-state index contributed by atoms with van der Waals surface area (Å²) in [7, 11) is 0. The Kier molecular flexibility index (Phi) is 3.38. The molecule has 1 aromatic carbocycles. The van der Waals surface area contributed by atoms with E-state index in [0.717, 1.165) is 0 Å². The van der Waals surface area contributed by atoms with Crippen LogP contribution in [0.4, 0.5) is 0 Å². The minimum Gasteiger partial charge on any atom is -0.454 e. The van der Waals surface area contributed by atoms with Gasteiger partial charge < -0.3 is 19.7 Å². The number of nitriles is 1. The Morgan fingerprint density at radius 1 is 1.35 bits per heavy atom. The van der Waals surface area contributed by atoms with Crippen molar-refractivity contribution < 1.29 is 19.7 Å². The molecule has 0 amide bonds. The quantitative estimate of drug-likeness (QED) is 0.853. The molecular weight excluding hydrogens is 246 g/mol. The van der Waals surface area contributed by atoms with Crippen molar-refractivity contribution in [3.63, 3.8) is 0 Å². The molecule has 0 radical (unpaired) electrons. The number of aliphatic hydroxyl groups excluding tert-OH is 2. The number of hydrogen-bond acceptors (Lipinski definition) is 5. The summed E-state index contributed by atoms with van der Waals surface area (Å²) in [6, 6.07) is 4.81. The third kappa shape index (κ3) is 2.29. The molecule has 0 saturated carbocycles. The van der Waals surface area contributed by atoms with Crippen LogP contribution in [0.5, 0.6) is 11.5 Å². The fourth-order valence-corrected chi connectivity index (χ4v) is 1.84. The van der Waals surface area contributed by atoms with E-state index in [1.54, 1.807) is 6.07 Å². The SMILES string of the molecule is N#CCC(O)C(O)c1cc2c(cc1Cl)OCO2. The lowest BCUT2D eigenvalue weighted by molar-refractivity contribution is 0.0216. The molecule has 0 spiro atoms. The first-order valence-electron chi connectivity index (χ1n) is 4.95. The van der Waals surface area contributed by atoms with Crippen LogP contribution in [0.25, 0.3) is 0 Å². The van der Waals surface area contributed by atoms with Gasteiger partial charge in [0.15, 0.2) is 11.5 Å². The molecule has 0 bridgehead atoms. The molecule has 0 saturated heterocycles. The zero-order valence-electron chi connectivity index (χ0n) is 8.76. The number of ether oxygens (including phenoxy) is 2. The molecule has 0 aliphatic carbocycles. The van der Waals surface area contributed by atoms with Gasteiger partial charge >= 0.3 is 0 Å². The molecule has 0 fully saturated rings. The van der Waals surface area contributed by atoms with E-state index in [-0.39, 0.29) is 18.2 Å². The number of hydrogen-bond donors (Lipinski definition) is 2. The molecule has 6 heteroatoms. The van der Waals surface area contributed by atoms with Crippen LogP contribution in [-0.2, 0) is 0 Å². The second kappa shape index (κ2) is 4.80. The van der Waals surface area contributed by atoms with Gasteiger partial charge in [0.1, 0.15) is 6.10 Å². The number of fused-ring (bicyclic) bond motifs is 1. The van der Waals surface area contributed by atoms with Crippen LogP contribution in [0.2, 0.25) is 5.02 Å². The van der Waals surface area contributed by atoms with Crippen LogP contribution in [0.1, 0.15) is 18.1 Å². The van der Waals surface area contributed by atoms with Gasteiger partial charge in [-0.05, 0) is 6.07 Å². The van der Waals surface area contributed by atoms with Crippen molar-refractivity contribution in [1.82, 2.24) is 0 Å². The van der Waals surface area contributed by atoms with Crippen molar-refractivity contribution in [2.75, 3.05) is 6.79 Å². The highest BCUT2D eigenvalue weighted by atomic mass is 35.5. The van der Waals surface area contributed by atoms with Gasteiger partial charge in [0, 0.05) is 11.6 Å². The second-order valence-electron chi connectivity index (χ2n) is 3.60. The van der Waals surface area contributed by atoms with Gasteiger partial charge in [-0.25, -0.2) is 0 Å². The lowest BCUT2D eigenvalue weighted by atomic mass is 10.0. The van der Waals surface area contributed by atoms with Gasteiger partial charge in [0.2, 0.25) is 6.79 Å². The van der Waals surface area contributed by atoms with E-state index < -0.39 is 12.2 Å². The minimum absolute atomic E-state index is 0.103. The molecule has 2 atom stereocenters. The number of halogens is 1. The van der Waals surface area contributed by atoms with Crippen LogP contribution >= 0.6 is 11.6 Å². The molecule has 90 valence electrons. The Morgan fingerprint density at radius 2 is 2.00 bits per heavy atom. The zero-order valence-corrected chi connectivity index (χ0v) is 9.52. The highest BCUT2D eigenvalue weighted by molar-refractivity contribution is 6.31. The van der Waals surface area contributed by atoms with Crippen molar-refractivity contribution >= 4 is 11.6 Å². The van der Waals surface area contributed by atoms with Crippen LogP contribution in [0, 0.1) is 11.3 Å². The first kappa shape index (κ1) is 12.0. The van der Waals surface area contributed by atoms with E-state index in [1.165, 1.54) is 12.1 Å². The zero-order chi connectivity index (χ0) is 12.4. The average molecular weight is 256 g/mol. The Hall–Kier alpha value is -1.48. The van der Waals surface area contributed by atoms with Crippen LogP contribution in [-0.4, -0.2) is 23.1 Å². The molecule has 0 aromatic heterocycles. The molecule has 1 aliphatic heterocycles. The van der Waals surface area contributed by atoms with Gasteiger partial charge in [-0.15, -0.1) is 0 Å². The predicted molar refractivity (Wildman–Crippen MR) is 58.8 cm³/mol. The molecule has 2 rings (SSSR count). The normalized spacial score (nSPS) is 16.4. The summed E-state index contributed by atoms with van der Waals surface area (Å²) >= 11 is 5.96. The maximum Gasteiger partial charge on any atom is 0.231 e. The smallest absolute Gasteiger partial charge is 0.231 e. The Balaban J connectivity index is 2.30. The lowest BCUT2D eigenvalue weighted by Gasteiger charge is -2.17. The highest BCUT2D eigenvalue weighted by Gasteiger charge is 2.24. The van der Waals surface area contributed by atoms with E-state index in [1.807, 2.05) is 0 Å². The van der Waals surface area contributed by atoms with Crippen molar-refractivity contribution in [3.8, 4) is 17.6 Å². The van der Waals surface area contributed by atoms with Crippen LogP contribution in [0.3, 0.4) is 0 Å². The Morgan fingerprint density at radius 3 is 2.65 bits per heavy atom. The van der Waals surface area contributed by atoms with Crippen molar-refractivity contribution in [2.45, 2.75) is 18.6 Å². The number of nitrogens with zero attached hydrogens (tertiary/aromatic N) is 1. The van der Waals surface area contributed by atoms with Gasteiger partial charge in [0.05, 0.1) is 23.6 Å². The monoisotopic (exact) mass is 255 g/mol. The molecule has 2 unspecified atom stereocenters. The summed E-state index contributed by atoms with van der Waals surface area (Å²) in [4.78, 5) is 0. The average Bonchev–Trinajstić information content (AvgIpc) is 2.74. The third-order valence-corrected chi connectivity index (χ3v) is 2.80. The summed E-state index contributed by atoms with van der Waals surface area (Å²) in [6.07, 6.45) is -2.58. The molecule has 1 heterocycles. The Bertz CT molecular complexity index is 471. The van der Waals surface area contributed by atoms with Crippen molar-refractivity contribution in [3.05, 3.63) is 22.7 Å². The molecule has 1 aromatic rings. The maximum atomic E-state index is 9.85. The maximum absolute atomic E-state index is 9.85.